The molecule has 1 aliphatic carbocycles. The number of hydrogen-bond donors (Lipinski definition) is 1. The number of rotatable bonds is 2. The van der Waals surface area contributed by atoms with Crippen molar-refractivity contribution >= 4 is 29.0 Å². The van der Waals surface area contributed by atoms with Crippen molar-refractivity contribution in [2.45, 2.75) is 33.6 Å². The minimum atomic E-state index is -0.393. The van der Waals surface area contributed by atoms with Gasteiger partial charge in [0.1, 0.15) is 5.76 Å². The maximum absolute atomic E-state index is 12.5. The van der Waals surface area contributed by atoms with Gasteiger partial charge < -0.3 is 9.73 Å². The fourth-order valence-corrected chi connectivity index (χ4v) is 3.22. The predicted molar refractivity (Wildman–Crippen MR) is 89.3 cm³/mol. The Bertz CT molecular complexity index is 805. The number of anilines is 1. The highest BCUT2D eigenvalue weighted by atomic mass is 35.5. The van der Waals surface area contributed by atoms with Gasteiger partial charge in [0.25, 0.3) is 5.91 Å². The second-order valence-electron chi connectivity index (χ2n) is 6.73. The van der Waals surface area contributed by atoms with Crippen LogP contribution in [-0.2, 0) is 6.42 Å². The Labute approximate surface area is 139 Å². The minimum Gasteiger partial charge on any atom is -0.455 e. The molecule has 4 nitrogen and oxygen atoms in total. The van der Waals surface area contributed by atoms with Crippen molar-refractivity contribution in [3.05, 3.63) is 51.9 Å². The van der Waals surface area contributed by atoms with Crippen molar-refractivity contribution in [3.63, 3.8) is 0 Å². The molecular weight excluding hydrogens is 314 g/mol. The van der Waals surface area contributed by atoms with Crippen LogP contribution in [-0.4, -0.2) is 11.7 Å². The van der Waals surface area contributed by atoms with E-state index in [1.54, 1.807) is 31.2 Å². The molecule has 0 fully saturated rings. The summed E-state index contributed by atoms with van der Waals surface area (Å²) in [5.41, 5.74) is 1.53. The molecule has 120 valence electrons. The van der Waals surface area contributed by atoms with E-state index >= 15 is 0 Å². The molecule has 0 radical (unpaired) electrons. The van der Waals surface area contributed by atoms with Crippen LogP contribution in [0.4, 0.5) is 5.69 Å². The standard InChI is InChI=1S/C18H18ClNO3/c1-10-15-13(21)8-18(2,3)9-14(15)23-16(10)17(22)20-12-7-5-4-6-11(12)19/h4-7H,8-9H2,1-3H3,(H,20,22). The summed E-state index contributed by atoms with van der Waals surface area (Å²) in [6.07, 6.45) is 1.11. The minimum absolute atomic E-state index is 0.0364. The van der Waals surface area contributed by atoms with Gasteiger partial charge in [0.2, 0.25) is 0 Å². The van der Waals surface area contributed by atoms with E-state index in [0.717, 1.165) is 0 Å². The first kappa shape index (κ1) is 15.8. The fraction of sp³-hybridized carbons (Fsp3) is 0.333. The first-order chi connectivity index (χ1) is 10.8. The number of amides is 1. The van der Waals surface area contributed by atoms with Crippen LogP contribution in [0.5, 0.6) is 0 Å². The molecule has 1 N–H and O–H groups in total. The smallest absolute Gasteiger partial charge is 0.291 e. The molecule has 0 spiro atoms. The summed E-state index contributed by atoms with van der Waals surface area (Å²) in [5.74, 6) is 0.430. The zero-order valence-corrected chi connectivity index (χ0v) is 14.1. The Morgan fingerprint density at radius 3 is 2.65 bits per heavy atom. The monoisotopic (exact) mass is 331 g/mol. The molecule has 1 amide bonds. The van der Waals surface area contributed by atoms with E-state index < -0.39 is 5.91 Å². The zero-order valence-electron chi connectivity index (χ0n) is 13.3. The van der Waals surface area contributed by atoms with Gasteiger partial charge in [0.05, 0.1) is 16.3 Å². The normalized spacial score (nSPS) is 16.1. The maximum atomic E-state index is 12.5. The molecule has 0 saturated heterocycles. The fourth-order valence-electron chi connectivity index (χ4n) is 3.04. The third-order valence-corrected chi connectivity index (χ3v) is 4.43. The Balaban J connectivity index is 1.94. The van der Waals surface area contributed by atoms with Gasteiger partial charge in [-0.25, -0.2) is 0 Å². The average molecular weight is 332 g/mol. The van der Waals surface area contributed by atoms with Crippen molar-refractivity contribution in [1.82, 2.24) is 0 Å². The van der Waals surface area contributed by atoms with Gasteiger partial charge in [-0.15, -0.1) is 0 Å². The second kappa shape index (κ2) is 5.53. The summed E-state index contributed by atoms with van der Waals surface area (Å²) in [7, 11) is 0. The summed E-state index contributed by atoms with van der Waals surface area (Å²) in [6.45, 7) is 5.80. The molecule has 23 heavy (non-hydrogen) atoms. The lowest BCUT2D eigenvalue weighted by atomic mass is 9.76. The van der Waals surface area contributed by atoms with Gasteiger partial charge in [-0.2, -0.15) is 0 Å². The SMILES string of the molecule is Cc1c(C(=O)Nc2ccccc2Cl)oc2c1C(=O)CC(C)(C)C2. The molecular formula is C18H18ClNO3. The number of ketones is 1. The molecule has 1 aromatic heterocycles. The Morgan fingerprint density at radius 1 is 1.26 bits per heavy atom. The van der Waals surface area contributed by atoms with E-state index in [0.29, 0.717) is 40.4 Å². The molecule has 1 aliphatic rings. The van der Waals surface area contributed by atoms with Crippen LogP contribution in [0.25, 0.3) is 0 Å². The summed E-state index contributed by atoms with van der Waals surface area (Å²) in [4.78, 5) is 24.9. The lowest BCUT2D eigenvalue weighted by Gasteiger charge is -2.27. The number of carbonyl (C=O) groups is 2. The van der Waals surface area contributed by atoms with Crippen LogP contribution >= 0.6 is 11.6 Å². The number of nitrogens with one attached hydrogen (secondary N) is 1. The molecule has 1 aromatic carbocycles. The van der Waals surface area contributed by atoms with E-state index in [2.05, 4.69) is 5.32 Å². The molecule has 0 saturated carbocycles. The molecule has 2 aromatic rings. The lowest BCUT2D eigenvalue weighted by molar-refractivity contribution is 0.0898. The highest BCUT2D eigenvalue weighted by molar-refractivity contribution is 6.33. The summed E-state index contributed by atoms with van der Waals surface area (Å²) >= 11 is 6.06. The van der Waals surface area contributed by atoms with Gasteiger partial charge in [-0.1, -0.05) is 37.6 Å². The highest BCUT2D eigenvalue weighted by Crippen LogP contribution is 2.38. The first-order valence-corrected chi connectivity index (χ1v) is 7.88. The zero-order chi connectivity index (χ0) is 16.8. The Morgan fingerprint density at radius 2 is 1.96 bits per heavy atom. The third kappa shape index (κ3) is 2.91. The summed E-state index contributed by atoms with van der Waals surface area (Å²) in [6, 6.07) is 6.99. The van der Waals surface area contributed by atoms with E-state index in [4.69, 9.17) is 16.0 Å². The number of fused-ring (bicyclic) bond motifs is 1. The number of para-hydroxylation sites is 1. The molecule has 0 bridgehead atoms. The topological polar surface area (TPSA) is 59.3 Å². The van der Waals surface area contributed by atoms with Crippen molar-refractivity contribution in [2.24, 2.45) is 5.41 Å². The molecule has 0 unspecified atom stereocenters. The van der Waals surface area contributed by atoms with Gasteiger partial charge in [-0.05, 0) is 24.5 Å². The van der Waals surface area contributed by atoms with Crippen LogP contribution in [0, 0.1) is 12.3 Å². The van der Waals surface area contributed by atoms with Crippen LogP contribution in [0.2, 0.25) is 5.02 Å². The molecule has 0 aliphatic heterocycles. The van der Waals surface area contributed by atoms with Crippen molar-refractivity contribution < 1.29 is 14.0 Å². The first-order valence-electron chi connectivity index (χ1n) is 7.50. The molecule has 1 heterocycles. The van der Waals surface area contributed by atoms with Crippen molar-refractivity contribution in [1.29, 1.82) is 0 Å². The summed E-state index contributed by atoms with van der Waals surface area (Å²) < 4.78 is 5.74. The lowest BCUT2D eigenvalue weighted by Crippen LogP contribution is -2.26. The van der Waals surface area contributed by atoms with Crippen molar-refractivity contribution in [2.75, 3.05) is 5.32 Å². The van der Waals surface area contributed by atoms with Gasteiger partial charge in [0, 0.05) is 18.4 Å². The van der Waals surface area contributed by atoms with E-state index in [-0.39, 0.29) is 17.0 Å². The number of Topliss-reactive ketones (excluding diaryl/α,β-unsaturated/α-hetero) is 1. The Hall–Kier alpha value is -2.07. The average Bonchev–Trinajstić information content (AvgIpc) is 2.77. The maximum Gasteiger partial charge on any atom is 0.291 e. The van der Waals surface area contributed by atoms with Gasteiger partial charge >= 0.3 is 0 Å². The number of furan rings is 1. The van der Waals surface area contributed by atoms with E-state index in [9.17, 15) is 9.59 Å². The second-order valence-corrected chi connectivity index (χ2v) is 7.14. The van der Waals surface area contributed by atoms with Crippen LogP contribution < -0.4 is 5.32 Å². The quantitative estimate of drug-likeness (QED) is 0.871. The van der Waals surface area contributed by atoms with Gasteiger partial charge in [0.15, 0.2) is 11.5 Å². The number of benzene rings is 1. The van der Waals surface area contributed by atoms with E-state index in [1.165, 1.54) is 0 Å². The number of hydrogen-bond acceptors (Lipinski definition) is 3. The number of carbonyl (C=O) groups excluding carboxylic acids is 2. The Kier molecular flexibility index (Phi) is 3.80. The van der Waals surface area contributed by atoms with Crippen molar-refractivity contribution in [3.8, 4) is 0 Å². The largest absolute Gasteiger partial charge is 0.455 e. The van der Waals surface area contributed by atoms with Crippen LogP contribution in [0.3, 0.4) is 0 Å². The molecule has 3 rings (SSSR count). The van der Waals surface area contributed by atoms with Crippen LogP contribution in [0.1, 0.15) is 52.5 Å². The number of halogens is 1. The third-order valence-electron chi connectivity index (χ3n) is 4.11. The predicted octanol–water partition coefficient (Wildman–Crippen LogP) is 4.65. The van der Waals surface area contributed by atoms with Gasteiger partial charge in [-0.3, -0.25) is 9.59 Å². The van der Waals surface area contributed by atoms with E-state index in [1.807, 2.05) is 13.8 Å². The summed E-state index contributed by atoms with van der Waals surface area (Å²) in [5, 5.41) is 3.19. The highest BCUT2D eigenvalue weighted by Gasteiger charge is 2.37. The van der Waals surface area contributed by atoms with Crippen LogP contribution in [0.15, 0.2) is 28.7 Å². The molecule has 0 atom stereocenters. The molecule has 5 heteroatoms.